The number of carboxylic acid groups (broad SMARTS) is 1. The molecule has 5 nitrogen and oxygen atoms in total. The summed E-state index contributed by atoms with van der Waals surface area (Å²) in [5, 5.41) is 18.2. The van der Waals surface area contributed by atoms with E-state index in [0.717, 1.165) is 12.1 Å². The molecule has 0 bridgehead atoms. The second-order valence-corrected chi connectivity index (χ2v) is 5.23. The third-order valence-corrected chi connectivity index (χ3v) is 2.82. The third kappa shape index (κ3) is 3.97. The number of carbonyl (C=O) groups excluding carboxylic acids is 1. The highest BCUT2D eigenvalue weighted by atomic mass is 79.9. The van der Waals surface area contributed by atoms with E-state index in [1.807, 2.05) is 0 Å². The number of benzene rings is 1. The molecule has 2 unspecified atom stereocenters. The predicted molar refractivity (Wildman–Crippen MR) is 68.4 cm³/mol. The lowest BCUT2D eigenvalue weighted by molar-refractivity contribution is -0.147. The molecule has 2 atom stereocenters. The van der Waals surface area contributed by atoms with Crippen LogP contribution in [0.5, 0.6) is 5.75 Å². The Labute approximate surface area is 121 Å². The molecule has 20 heavy (non-hydrogen) atoms. The van der Waals surface area contributed by atoms with Gasteiger partial charge in [-0.15, -0.1) is 0 Å². The van der Waals surface area contributed by atoms with Crippen LogP contribution in [0, 0.1) is 0 Å². The summed E-state index contributed by atoms with van der Waals surface area (Å²) in [4.78, 5) is 22.0. The van der Waals surface area contributed by atoms with Gasteiger partial charge in [0.15, 0.2) is 11.9 Å². The van der Waals surface area contributed by atoms with E-state index in [4.69, 9.17) is 5.11 Å². The quantitative estimate of drug-likeness (QED) is 0.606. The second kappa shape index (κ2) is 6.76. The summed E-state index contributed by atoms with van der Waals surface area (Å²) in [5.41, 5.74) is -0.330. The molecule has 0 aromatic heterocycles. The van der Waals surface area contributed by atoms with Gasteiger partial charge < -0.3 is 14.9 Å². The van der Waals surface area contributed by atoms with Gasteiger partial charge in [-0.2, -0.15) is 8.78 Å². The monoisotopic (exact) mass is 352 g/mol. The number of aliphatic hydroxyl groups is 1. The standard InChI is InChI=1S/C12H11BrF2O5/c1-5(13)9(16)6-2-3-8(20-12(14)15)7(4-6)10(17)11(18)19/h2-5,10,12,17H,1H3,(H,18,19). The average molecular weight is 353 g/mol. The number of hydrogen-bond donors (Lipinski definition) is 2. The molecule has 1 rings (SSSR count). The van der Waals surface area contributed by atoms with Crippen molar-refractivity contribution in [2.45, 2.75) is 24.5 Å². The fourth-order valence-corrected chi connectivity index (χ4v) is 1.75. The first-order valence-corrected chi connectivity index (χ1v) is 6.33. The maximum atomic E-state index is 12.2. The SMILES string of the molecule is CC(Br)C(=O)c1ccc(OC(F)F)c(C(O)C(=O)O)c1. The summed E-state index contributed by atoms with van der Waals surface area (Å²) in [6, 6.07) is 3.27. The Morgan fingerprint density at radius 1 is 1.35 bits per heavy atom. The first kappa shape index (κ1) is 16.5. The summed E-state index contributed by atoms with van der Waals surface area (Å²) >= 11 is 3.05. The van der Waals surface area contributed by atoms with Crippen molar-refractivity contribution >= 4 is 27.7 Å². The summed E-state index contributed by atoms with van der Waals surface area (Å²) in [6.45, 7) is -1.62. The van der Waals surface area contributed by atoms with Gasteiger partial charge in [-0.25, -0.2) is 4.79 Å². The topological polar surface area (TPSA) is 83.8 Å². The van der Waals surface area contributed by atoms with Gasteiger partial charge in [0.05, 0.1) is 4.83 Å². The molecule has 0 spiro atoms. The van der Waals surface area contributed by atoms with Gasteiger partial charge in [0.1, 0.15) is 5.75 Å². The van der Waals surface area contributed by atoms with Crippen molar-refractivity contribution in [2.75, 3.05) is 0 Å². The highest BCUT2D eigenvalue weighted by molar-refractivity contribution is 9.10. The first-order valence-electron chi connectivity index (χ1n) is 5.42. The number of rotatable bonds is 6. The molecule has 0 amide bonds. The number of carboxylic acids is 1. The Morgan fingerprint density at radius 2 is 1.95 bits per heavy atom. The van der Waals surface area contributed by atoms with Crippen molar-refractivity contribution in [3.05, 3.63) is 29.3 Å². The Morgan fingerprint density at radius 3 is 2.40 bits per heavy atom. The summed E-state index contributed by atoms with van der Waals surface area (Å²) in [5.74, 6) is -2.51. The summed E-state index contributed by atoms with van der Waals surface area (Å²) in [7, 11) is 0. The number of hydrogen-bond acceptors (Lipinski definition) is 4. The van der Waals surface area contributed by atoms with Crippen LogP contribution >= 0.6 is 15.9 Å². The van der Waals surface area contributed by atoms with Crippen LogP contribution in [0.4, 0.5) is 8.78 Å². The number of Topliss-reactive ketones (excluding diaryl/α,β-unsaturated/α-hetero) is 1. The van der Waals surface area contributed by atoms with Crippen LogP contribution in [0.25, 0.3) is 0 Å². The van der Waals surface area contributed by atoms with E-state index >= 15 is 0 Å². The maximum absolute atomic E-state index is 12.2. The molecule has 1 aromatic rings. The first-order chi connectivity index (χ1) is 9.23. The largest absolute Gasteiger partial charge is 0.479 e. The van der Waals surface area contributed by atoms with Crippen LogP contribution in [-0.4, -0.2) is 33.4 Å². The van der Waals surface area contributed by atoms with Gasteiger partial charge >= 0.3 is 12.6 Å². The van der Waals surface area contributed by atoms with Gasteiger partial charge in [0.2, 0.25) is 0 Å². The molecule has 2 N–H and O–H groups in total. The van der Waals surface area contributed by atoms with Crippen molar-refractivity contribution in [2.24, 2.45) is 0 Å². The molecule has 0 saturated heterocycles. The van der Waals surface area contributed by atoms with Crippen LogP contribution in [0.3, 0.4) is 0 Å². The van der Waals surface area contributed by atoms with E-state index in [0.29, 0.717) is 0 Å². The Balaban J connectivity index is 3.28. The van der Waals surface area contributed by atoms with Crippen LogP contribution in [0.15, 0.2) is 18.2 Å². The molecular weight excluding hydrogens is 342 g/mol. The normalized spacial score (nSPS) is 13.9. The van der Waals surface area contributed by atoms with Crippen molar-refractivity contribution in [1.82, 2.24) is 0 Å². The van der Waals surface area contributed by atoms with E-state index < -0.39 is 34.8 Å². The lowest BCUT2D eigenvalue weighted by Crippen LogP contribution is -2.16. The van der Waals surface area contributed by atoms with Crippen molar-refractivity contribution in [1.29, 1.82) is 0 Å². The molecule has 0 fully saturated rings. The average Bonchev–Trinajstić information content (AvgIpc) is 2.36. The van der Waals surface area contributed by atoms with Gasteiger partial charge in [-0.05, 0) is 25.1 Å². The molecule has 0 saturated carbocycles. The molecule has 0 aliphatic heterocycles. The maximum Gasteiger partial charge on any atom is 0.387 e. The van der Waals surface area contributed by atoms with Gasteiger partial charge in [-0.3, -0.25) is 4.79 Å². The van der Waals surface area contributed by atoms with Crippen molar-refractivity contribution in [3.8, 4) is 5.75 Å². The zero-order valence-corrected chi connectivity index (χ0v) is 11.8. The number of ether oxygens (including phenoxy) is 1. The number of ketones is 1. The number of halogens is 3. The number of aliphatic hydroxyl groups excluding tert-OH is 1. The number of alkyl halides is 3. The second-order valence-electron chi connectivity index (χ2n) is 3.85. The van der Waals surface area contributed by atoms with Gasteiger partial charge in [0, 0.05) is 11.1 Å². The Hall–Kier alpha value is -1.54. The molecule has 0 radical (unpaired) electrons. The Kier molecular flexibility index (Phi) is 5.58. The van der Waals surface area contributed by atoms with Crippen LogP contribution in [-0.2, 0) is 4.79 Å². The fraction of sp³-hybridized carbons (Fsp3) is 0.333. The lowest BCUT2D eigenvalue weighted by atomic mass is 10.0. The summed E-state index contributed by atoms with van der Waals surface area (Å²) < 4.78 is 28.6. The van der Waals surface area contributed by atoms with E-state index in [-0.39, 0.29) is 11.3 Å². The smallest absolute Gasteiger partial charge is 0.387 e. The molecular formula is C12H11BrF2O5. The van der Waals surface area contributed by atoms with Crippen LogP contribution in [0.1, 0.15) is 28.9 Å². The van der Waals surface area contributed by atoms with Crippen LogP contribution in [0.2, 0.25) is 0 Å². The molecule has 8 heteroatoms. The molecule has 0 aliphatic carbocycles. The molecule has 1 aromatic carbocycles. The fourth-order valence-electron chi connectivity index (χ4n) is 1.48. The van der Waals surface area contributed by atoms with E-state index in [2.05, 4.69) is 20.7 Å². The number of aliphatic carboxylic acids is 1. The van der Waals surface area contributed by atoms with Crippen LogP contribution < -0.4 is 4.74 Å². The zero-order chi connectivity index (χ0) is 15.4. The lowest BCUT2D eigenvalue weighted by Gasteiger charge is -2.14. The third-order valence-electron chi connectivity index (χ3n) is 2.40. The zero-order valence-electron chi connectivity index (χ0n) is 10.2. The van der Waals surface area contributed by atoms with Crippen molar-refractivity contribution < 1.29 is 33.3 Å². The highest BCUT2D eigenvalue weighted by Gasteiger charge is 2.24. The molecule has 110 valence electrons. The minimum absolute atomic E-state index is 0.0753. The van der Waals surface area contributed by atoms with Crippen molar-refractivity contribution in [3.63, 3.8) is 0 Å². The highest BCUT2D eigenvalue weighted by Crippen LogP contribution is 2.29. The van der Waals surface area contributed by atoms with E-state index in [9.17, 15) is 23.5 Å². The minimum atomic E-state index is -3.17. The predicted octanol–water partition coefficient (Wildman–Crippen LogP) is 2.37. The molecule has 0 aliphatic rings. The van der Waals surface area contributed by atoms with E-state index in [1.165, 1.54) is 6.07 Å². The Bertz CT molecular complexity index is 519. The minimum Gasteiger partial charge on any atom is -0.479 e. The van der Waals surface area contributed by atoms with Gasteiger partial charge in [-0.1, -0.05) is 15.9 Å². The number of carbonyl (C=O) groups is 2. The summed E-state index contributed by atoms with van der Waals surface area (Å²) in [6.07, 6.45) is -2.07. The van der Waals surface area contributed by atoms with Gasteiger partial charge in [0.25, 0.3) is 0 Å². The van der Waals surface area contributed by atoms with E-state index in [1.54, 1.807) is 6.92 Å². The molecule has 0 heterocycles.